The molecule has 1 amide bonds. The molecule has 1 aromatic carbocycles. The number of hydrogen-bond donors (Lipinski definition) is 2. The Morgan fingerprint density at radius 2 is 2.04 bits per heavy atom. The molecule has 0 radical (unpaired) electrons. The molecule has 2 aromatic rings. The van der Waals surface area contributed by atoms with Crippen molar-refractivity contribution in [3.63, 3.8) is 0 Å². The van der Waals surface area contributed by atoms with E-state index >= 15 is 0 Å². The van der Waals surface area contributed by atoms with Crippen molar-refractivity contribution in [2.24, 2.45) is 5.73 Å². The molecule has 7 heteroatoms. The number of methoxy groups -OCH3 is 1. The van der Waals surface area contributed by atoms with E-state index in [0.29, 0.717) is 18.3 Å². The van der Waals surface area contributed by atoms with Crippen molar-refractivity contribution < 1.29 is 9.53 Å². The Kier molecular flexibility index (Phi) is 7.63. The van der Waals surface area contributed by atoms with Gasteiger partial charge in [-0.1, -0.05) is 31.0 Å². The van der Waals surface area contributed by atoms with Crippen LogP contribution in [0.4, 0.5) is 5.82 Å². The number of nitrogens with one attached hydrogen (secondary N) is 1. The highest BCUT2D eigenvalue weighted by Gasteiger charge is 2.23. The number of halogens is 1. The molecule has 0 spiro atoms. The number of hydrogen-bond acceptors (Lipinski definition) is 4. The van der Waals surface area contributed by atoms with Crippen molar-refractivity contribution in [1.29, 1.82) is 0 Å². The number of nitrogens with zero attached hydrogens (tertiary/aromatic N) is 2. The first-order chi connectivity index (χ1) is 12.2. The molecule has 1 atom stereocenters. The first kappa shape index (κ1) is 20.4. The van der Waals surface area contributed by atoms with Crippen molar-refractivity contribution in [2.45, 2.75) is 44.1 Å². The molecule has 1 fully saturated rings. The predicted molar refractivity (Wildman–Crippen MR) is 105 cm³/mol. The lowest BCUT2D eigenvalue weighted by Gasteiger charge is -2.13. The standard InChI is InChI=1S/C19H26N4O2.ClH/c1-25-16(13-20)11-19(24)21-18-12-17(14-7-5-6-8-14)22-23(18)15-9-3-2-4-10-15;/h2-4,9-10,12,14,16H,5-8,11,13,20H2,1H3,(H,21,24);1H. The summed E-state index contributed by atoms with van der Waals surface area (Å²) in [5.74, 6) is 1.06. The van der Waals surface area contributed by atoms with E-state index in [4.69, 9.17) is 15.6 Å². The van der Waals surface area contributed by atoms with E-state index in [1.165, 1.54) is 12.8 Å². The monoisotopic (exact) mass is 378 g/mol. The quantitative estimate of drug-likeness (QED) is 0.774. The Morgan fingerprint density at radius 1 is 1.35 bits per heavy atom. The fraction of sp³-hybridized carbons (Fsp3) is 0.474. The number of ether oxygens (including phenoxy) is 1. The maximum Gasteiger partial charge on any atom is 0.228 e. The van der Waals surface area contributed by atoms with Crippen LogP contribution in [0, 0.1) is 0 Å². The van der Waals surface area contributed by atoms with Crippen LogP contribution in [0.25, 0.3) is 5.69 Å². The van der Waals surface area contributed by atoms with E-state index in [-0.39, 0.29) is 30.8 Å². The summed E-state index contributed by atoms with van der Waals surface area (Å²) in [4.78, 5) is 12.4. The summed E-state index contributed by atoms with van der Waals surface area (Å²) in [7, 11) is 1.57. The van der Waals surface area contributed by atoms with Gasteiger partial charge in [0.15, 0.2) is 0 Å². The number of amides is 1. The normalized spacial score (nSPS) is 15.5. The van der Waals surface area contributed by atoms with Gasteiger partial charge in [-0.3, -0.25) is 4.79 Å². The third-order valence-electron chi connectivity index (χ3n) is 4.78. The molecular formula is C19H27ClN4O2. The molecule has 1 unspecified atom stereocenters. The van der Waals surface area contributed by atoms with Gasteiger partial charge in [0, 0.05) is 25.6 Å². The van der Waals surface area contributed by atoms with Crippen LogP contribution in [-0.2, 0) is 9.53 Å². The van der Waals surface area contributed by atoms with Gasteiger partial charge in [-0.25, -0.2) is 4.68 Å². The van der Waals surface area contributed by atoms with Gasteiger partial charge in [0.25, 0.3) is 0 Å². The van der Waals surface area contributed by atoms with E-state index < -0.39 is 0 Å². The number of rotatable bonds is 7. The van der Waals surface area contributed by atoms with Gasteiger partial charge in [-0.05, 0) is 25.0 Å². The highest BCUT2D eigenvalue weighted by molar-refractivity contribution is 5.90. The number of anilines is 1. The molecule has 6 nitrogen and oxygen atoms in total. The average molecular weight is 379 g/mol. The highest BCUT2D eigenvalue weighted by Crippen LogP contribution is 2.35. The summed E-state index contributed by atoms with van der Waals surface area (Å²) in [6.45, 7) is 0.315. The smallest absolute Gasteiger partial charge is 0.228 e. The van der Waals surface area contributed by atoms with Crippen molar-refractivity contribution >= 4 is 24.1 Å². The minimum Gasteiger partial charge on any atom is -0.380 e. The summed E-state index contributed by atoms with van der Waals surface area (Å²) >= 11 is 0. The molecule has 0 bridgehead atoms. The maximum absolute atomic E-state index is 12.4. The summed E-state index contributed by atoms with van der Waals surface area (Å²) in [6.07, 6.45) is 4.78. The van der Waals surface area contributed by atoms with Crippen LogP contribution >= 0.6 is 12.4 Å². The van der Waals surface area contributed by atoms with Crippen molar-refractivity contribution in [2.75, 3.05) is 19.0 Å². The molecule has 1 saturated carbocycles. The molecule has 1 aliphatic rings. The first-order valence-electron chi connectivity index (χ1n) is 8.89. The van der Waals surface area contributed by atoms with E-state index in [0.717, 1.165) is 24.2 Å². The minimum atomic E-state index is -0.276. The lowest BCUT2D eigenvalue weighted by atomic mass is 10.0. The van der Waals surface area contributed by atoms with Crippen molar-refractivity contribution in [1.82, 2.24) is 9.78 Å². The van der Waals surface area contributed by atoms with Gasteiger partial charge < -0.3 is 15.8 Å². The largest absolute Gasteiger partial charge is 0.380 e. The average Bonchev–Trinajstić information content (AvgIpc) is 3.30. The van der Waals surface area contributed by atoms with Gasteiger partial charge in [0.05, 0.1) is 23.9 Å². The summed E-state index contributed by atoms with van der Waals surface area (Å²) in [5.41, 5.74) is 7.60. The third kappa shape index (κ3) is 4.84. The Morgan fingerprint density at radius 3 is 2.65 bits per heavy atom. The molecule has 1 aromatic heterocycles. The van der Waals surface area contributed by atoms with Crippen LogP contribution < -0.4 is 11.1 Å². The van der Waals surface area contributed by atoms with Gasteiger partial charge >= 0.3 is 0 Å². The lowest BCUT2D eigenvalue weighted by molar-refractivity contribution is -0.118. The fourth-order valence-corrected chi connectivity index (χ4v) is 3.34. The van der Waals surface area contributed by atoms with Crippen LogP contribution in [0.15, 0.2) is 36.4 Å². The number of nitrogens with two attached hydrogens (primary N) is 1. The van der Waals surface area contributed by atoms with Crippen molar-refractivity contribution in [3.05, 3.63) is 42.1 Å². The van der Waals surface area contributed by atoms with E-state index in [2.05, 4.69) is 5.32 Å². The maximum atomic E-state index is 12.4. The van der Waals surface area contributed by atoms with Gasteiger partial charge in [0.2, 0.25) is 5.91 Å². The Bertz CT molecular complexity index is 695. The van der Waals surface area contributed by atoms with Gasteiger partial charge in [-0.15, -0.1) is 12.4 Å². The van der Waals surface area contributed by atoms with E-state index in [1.807, 2.05) is 41.1 Å². The molecule has 1 heterocycles. The lowest BCUT2D eigenvalue weighted by Crippen LogP contribution is -2.28. The number of para-hydroxylation sites is 1. The Balaban J connectivity index is 0.00000243. The van der Waals surface area contributed by atoms with Crippen LogP contribution in [0.3, 0.4) is 0 Å². The summed E-state index contributed by atoms with van der Waals surface area (Å²) < 4.78 is 7.02. The first-order valence-corrected chi connectivity index (χ1v) is 8.89. The molecule has 0 aliphatic heterocycles. The number of carbonyl (C=O) groups excluding carboxylic acids is 1. The zero-order valence-corrected chi connectivity index (χ0v) is 15.9. The molecule has 142 valence electrons. The molecular weight excluding hydrogens is 352 g/mol. The molecule has 26 heavy (non-hydrogen) atoms. The Hall–Kier alpha value is -1.89. The van der Waals surface area contributed by atoms with Crippen LogP contribution in [-0.4, -0.2) is 35.4 Å². The number of aromatic nitrogens is 2. The van der Waals surface area contributed by atoms with Gasteiger partial charge in [0.1, 0.15) is 5.82 Å². The van der Waals surface area contributed by atoms with E-state index in [1.54, 1.807) is 7.11 Å². The third-order valence-corrected chi connectivity index (χ3v) is 4.78. The Labute approximate surface area is 160 Å². The predicted octanol–water partition coefficient (Wildman–Crippen LogP) is 3.25. The molecule has 0 saturated heterocycles. The summed E-state index contributed by atoms with van der Waals surface area (Å²) in [6, 6.07) is 11.9. The van der Waals surface area contributed by atoms with Crippen molar-refractivity contribution in [3.8, 4) is 5.69 Å². The molecule has 3 rings (SSSR count). The number of benzene rings is 1. The highest BCUT2D eigenvalue weighted by atomic mass is 35.5. The molecule has 3 N–H and O–H groups in total. The SMILES string of the molecule is COC(CN)CC(=O)Nc1cc(C2CCCC2)nn1-c1ccccc1.Cl. The molecule has 1 aliphatic carbocycles. The summed E-state index contributed by atoms with van der Waals surface area (Å²) in [5, 5.41) is 7.76. The minimum absolute atomic E-state index is 0. The van der Waals surface area contributed by atoms with Crippen LogP contribution in [0.5, 0.6) is 0 Å². The van der Waals surface area contributed by atoms with Crippen LogP contribution in [0.1, 0.15) is 43.7 Å². The van der Waals surface area contributed by atoms with E-state index in [9.17, 15) is 4.79 Å². The van der Waals surface area contributed by atoms with Crippen LogP contribution in [0.2, 0.25) is 0 Å². The second kappa shape index (κ2) is 9.71. The topological polar surface area (TPSA) is 82.2 Å². The second-order valence-corrected chi connectivity index (χ2v) is 6.53. The van der Waals surface area contributed by atoms with Gasteiger partial charge in [-0.2, -0.15) is 5.10 Å². The number of carbonyl (C=O) groups is 1. The fourth-order valence-electron chi connectivity index (χ4n) is 3.34. The zero-order chi connectivity index (χ0) is 17.6. The second-order valence-electron chi connectivity index (χ2n) is 6.53. The zero-order valence-electron chi connectivity index (χ0n) is 15.1.